The van der Waals surface area contributed by atoms with Crippen LogP contribution in [0.25, 0.3) is 6.08 Å². The van der Waals surface area contributed by atoms with Crippen molar-refractivity contribution in [3.05, 3.63) is 58.0 Å². The number of thiophene rings is 1. The second-order valence-corrected chi connectivity index (χ2v) is 7.22. The second-order valence-electron chi connectivity index (χ2n) is 5.96. The van der Waals surface area contributed by atoms with Crippen molar-refractivity contribution in [3.63, 3.8) is 0 Å². The van der Waals surface area contributed by atoms with E-state index >= 15 is 0 Å². The molecule has 0 saturated heterocycles. The van der Waals surface area contributed by atoms with Gasteiger partial charge in [0.05, 0.1) is 12.2 Å². The number of hydrogen-bond acceptors (Lipinski definition) is 4. The maximum absolute atomic E-state index is 12.2. The Labute approximate surface area is 152 Å². The first-order valence-electron chi connectivity index (χ1n) is 8.27. The van der Waals surface area contributed by atoms with Crippen LogP contribution in [-0.2, 0) is 9.53 Å². The summed E-state index contributed by atoms with van der Waals surface area (Å²) in [5.74, 6) is -0.222. The standard InChI is InChI=1S/C20H23NO3S/c1-5-24-20(23)17-12-14(4)25-19(17)21-18(22)11-8-15-6-9-16(10-7-15)13(2)3/h6-13H,5H2,1-4H3,(H,21,22)/b11-8+. The molecule has 0 saturated carbocycles. The van der Waals surface area contributed by atoms with E-state index in [1.54, 1.807) is 19.1 Å². The average molecular weight is 357 g/mol. The lowest BCUT2D eigenvalue weighted by Crippen LogP contribution is -2.11. The predicted molar refractivity (Wildman–Crippen MR) is 103 cm³/mol. The van der Waals surface area contributed by atoms with E-state index in [1.165, 1.54) is 23.0 Å². The highest BCUT2D eigenvalue weighted by Gasteiger charge is 2.17. The maximum Gasteiger partial charge on any atom is 0.341 e. The van der Waals surface area contributed by atoms with Gasteiger partial charge in [0.15, 0.2) is 0 Å². The first-order chi connectivity index (χ1) is 11.9. The molecule has 1 amide bonds. The first kappa shape index (κ1) is 18.9. The second kappa shape index (κ2) is 8.62. The third kappa shape index (κ3) is 5.29. The highest BCUT2D eigenvalue weighted by Crippen LogP contribution is 2.28. The molecule has 132 valence electrons. The molecule has 25 heavy (non-hydrogen) atoms. The third-order valence-corrected chi connectivity index (χ3v) is 4.58. The Bertz CT molecular complexity index is 773. The minimum Gasteiger partial charge on any atom is -0.462 e. The third-order valence-electron chi connectivity index (χ3n) is 3.62. The molecular weight excluding hydrogens is 334 g/mol. The van der Waals surface area contributed by atoms with E-state index < -0.39 is 5.97 Å². The lowest BCUT2D eigenvalue weighted by Gasteiger charge is -2.05. The summed E-state index contributed by atoms with van der Waals surface area (Å²) in [6.45, 7) is 8.22. The Morgan fingerprint density at radius 3 is 2.52 bits per heavy atom. The number of hydrogen-bond donors (Lipinski definition) is 1. The van der Waals surface area contributed by atoms with Crippen molar-refractivity contribution >= 4 is 34.3 Å². The molecule has 1 N–H and O–H groups in total. The molecule has 0 aliphatic carbocycles. The number of esters is 1. The largest absolute Gasteiger partial charge is 0.462 e. The number of ether oxygens (including phenoxy) is 1. The van der Waals surface area contributed by atoms with Crippen LogP contribution in [0, 0.1) is 6.92 Å². The van der Waals surface area contributed by atoms with Gasteiger partial charge in [-0.1, -0.05) is 38.1 Å². The smallest absolute Gasteiger partial charge is 0.341 e. The van der Waals surface area contributed by atoms with E-state index in [0.29, 0.717) is 23.1 Å². The highest BCUT2D eigenvalue weighted by atomic mass is 32.1. The Kier molecular flexibility index (Phi) is 6.53. The number of aryl methyl sites for hydroxylation is 1. The fraction of sp³-hybridized carbons (Fsp3) is 0.300. The van der Waals surface area contributed by atoms with Gasteiger partial charge >= 0.3 is 5.97 Å². The Morgan fingerprint density at radius 1 is 1.24 bits per heavy atom. The van der Waals surface area contributed by atoms with Gasteiger partial charge in [0.25, 0.3) is 0 Å². The summed E-state index contributed by atoms with van der Waals surface area (Å²) in [6, 6.07) is 9.82. The number of anilines is 1. The van der Waals surface area contributed by atoms with Crippen molar-refractivity contribution in [3.8, 4) is 0 Å². The van der Waals surface area contributed by atoms with E-state index in [4.69, 9.17) is 4.74 Å². The molecular formula is C20H23NO3S. The predicted octanol–water partition coefficient (Wildman–Crippen LogP) is 5.01. The minimum absolute atomic E-state index is 0.277. The lowest BCUT2D eigenvalue weighted by atomic mass is 10.0. The molecule has 0 radical (unpaired) electrons. The number of rotatable bonds is 6. The number of nitrogens with one attached hydrogen (secondary N) is 1. The number of carbonyl (C=O) groups excluding carboxylic acids is 2. The molecule has 0 fully saturated rings. The van der Waals surface area contributed by atoms with Gasteiger partial charge in [0, 0.05) is 11.0 Å². The molecule has 0 atom stereocenters. The monoisotopic (exact) mass is 357 g/mol. The molecule has 2 rings (SSSR count). The molecule has 0 unspecified atom stereocenters. The highest BCUT2D eigenvalue weighted by molar-refractivity contribution is 7.16. The summed E-state index contributed by atoms with van der Waals surface area (Å²) in [6.07, 6.45) is 3.22. The number of carbonyl (C=O) groups is 2. The van der Waals surface area contributed by atoms with Gasteiger partial charge in [-0.3, -0.25) is 4.79 Å². The van der Waals surface area contributed by atoms with Gasteiger partial charge in [-0.25, -0.2) is 4.79 Å². The topological polar surface area (TPSA) is 55.4 Å². The molecule has 2 aromatic rings. The van der Waals surface area contributed by atoms with E-state index in [0.717, 1.165) is 10.4 Å². The summed E-state index contributed by atoms with van der Waals surface area (Å²) in [7, 11) is 0. The van der Waals surface area contributed by atoms with Crippen LogP contribution in [0.4, 0.5) is 5.00 Å². The van der Waals surface area contributed by atoms with Gasteiger partial charge in [0.1, 0.15) is 5.00 Å². The summed E-state index contributed by atoms with van der Waals surface area (Å²) >= 11 is 1.36. The Hall–Kier alpha value is -2.40. The lowest BCUT2D eigenvalue weighted by molar-refractivity contribution is -0.111. The number of amides is 1. The Morgan fingerprint density at radius 2 is 1.92 bits per heavy atom. The van der Waals surface area contributed by atoms with Crippen molar-refractivity contribution in [2.24, 2.45) is 0 Å². The van der Waals surface area contributed by atoms with Crippen molar-refractivity contribution in [2.45, 2.75) is 33.6 Å². The Balaban J connectivity index is 2.06. The zero-order valence-electron chi connectivity index (χ0n) is 15.0. The molecule has 4 nitrogen and oxygen atoms in total. The summed E-state index contributed by atoms with van der Waals surface area (Å²) in [5, 5.41) is 3.28. The number of benzene rings is 1. The normalized spacial score (nSPS) is 11.1. The molecule has 0 spiro atoms. The molecule has 0 aliphatic rings. The summed E-state index contributed by atoms with van der Waals surface area (Å²) < 4.78 is 5.02. The minimum atomic E-state index is -0.421. The SMILES string of the molecule is CCOC(=O)c1cc(C)sc1NC(=O)/C=C/c1ccc(C(C)C)cc1. The molecule has 0 aliphatic heterocycles. The zero-order valence-corrected chi connectivity index (χ0v) is 15.8. The quantitative estimate of drug-likeness (QED) is 0.584. The van der Waals surface area contributed by atoms with E-state index in [-0.39, 0.29) is 5.91 Å². The van der Waals surface area contributed by atoms with E-state index in [9.17, 15) is 9.59 Å². The van der Waals surface area contributed by atoms with Crippen LogP contribution in [0.15, 0.2) is 36.4 Å². The van der Waals surface area contributed by atoms with Crippen molar-refractivity contribution in [1.29, 1.82) is 0 Å². The maximum atomic E-state index is 12.2. The van der Waals surface area contributed by atoms with Gasteiger partial charge in [-0.05, 0) is 43.0 Å². The fourth-order valence-corrected chi connectivity index (χ4v) is 3.19. The molecule has 1 aromatic carbocycles. The average Bonchev–Trinajstić information content (AvgIpc) is 2.94. The molecule has 1 heterocycles. The van der Waals surface area contributed by atoms with Crippen LogP contribution >= 0.6 is 11.3 Å². The van der Waals surface area contributed by atoms with Gasteiger partial charge < -0.3 is 10.1 Å². The molecule has 5 heteroatoms. The van der Waals surface area contributed by atoms with Gasteiger partial charge in [-0.2, -0.15) is 0 Å². The van der Waals surface area contributed by atoms with E-state index in [1.807, 2.05) is 19.1 Å². The van der Waals surface area contributed by atoms with Crippen LogP contribution in [-0.4, -0.2) is 18.5 Å². The van der Waals surface area contributed by atoms with Crippen LogP contribution < -0.4 is 5.32 Å². The van der Waals surface area contributed by atoms with Crippen LogP contribution in [0.5, 0.6) is 0 Å². The van der Waals surface area contributed by atoms with Gasteiger partial charge in [-0.15, -0.1) is 11.3 Å². The van der Waals surface area contributed by atoms with Crippen molar-refractivity contribution < 1.29 is 14.3 Å². The molecule has 0 bridgehead atoms. The zero-order chi connectivity index (χ0) is 18.4. The first-order valence-corrected chi connectivity index (χ1v) is 9.09. The summed E-state index contributed by atoms with van der Waals surface area (Å²) in [5.41, 5.74) is 2.61. The van der Waals surface area contributed by atoms with Crippen molar-refractivity contribution in [1.82, 2.24) is 0 Å². The summed E-state index contributed by atoms with van der Waals surface area (Å²) in [4.78, 5) is 25.0. The fourth-order valence-electron chi connectivity index (χ4n) is 2.29. The molecule has 1 aromatic heterocycles. The van der Waals surface area contributed by atoms with E-state index in [2.05, 4.69) is 31.3 Å². The van der Waals surface area contributed by atoms with Crippen LogP contribution in [0.2, 0.25) is 0 Å². The van der Waals surface area contributed by atoms with Gasteiger partial charge in [0.2, 0.25) is 5.91 Å². The van der Waals surface area contributed by atoms with Crippen LogP contribution in [0.1, 0.15) is 53.1 Å². The van der Waals surface area contributed by atoms with Crippen LogP contribution in [0.3, 0.4) is 0 Å². The van der Waals surface area contributed by atoms with Crippen molar-refractivity contribution in [2.75, 3.05) is 11.9 Å².